The highest BCUT2D eigenvalue weighted by molar-refractivity contribution is 7.92. The Balaban J connectivity index is 1.63. The summed E-state index contributed by atoms with van der Waals surface area (Å²) in [5.74, 6) is 0.316. The van der Waals surface area contributed by atoms with Crippen LogP contribution in [-0.4, -0.2) is 82.7 Å². The average Bonchev–Trinajstić information content (AvgIpc) is 3.36. The van der Waals surface area contributed by atoms with Crippen LogP contribution in [0.15, 0.2) is 60.3 Å². The molecule has 1 amide bonds. The quantitative estimate of drug-likeness (QED) is 0.409. The van der Waals surface area contributed by atoms with Crippen molar-refractivity contribution in [3.05, 3.63) is 66.4 Å². The predicted molar refractivity (Wildman–Crippen MR) is 147 cm³/mol. The highest BCUT2D eigenvalue weighted by Crippen LogP contribution is 2.30. The van der Waals surface area contributed by atoms with E-state index in [1.807, 2.05) is 33.0 Å². The van der Waals surface area contributed by atoms with E-state index in [9.17, 15) is 18.3 Å². The maximum Gasteiger partial charge on any atom is 0.280 e. The molecule has 2 aromatic heterocycles. The van der Waals surface area contributed by atoms with Gasteiger partial charge in [0.1, 0.15) is 11.9 Å². The summed E-state index contributed by atoms with van der Waals surface area (Å²) in [6.45, 7) is 5.39. The predicted octanol–water partition coefficient (Wildman–Crippen LogP) is 1.90. The molecule has 4 rings (SSSR count). The number of pyridine rings is 1. The lowest BCUT2D eigenvalue weighted by molar-refractivity contribution is -0.134. The summed E-state index contributed by atoms with van der Waals surface area (Å²) in [6.07, 6.45) is 6.08. The van der Waals surface area contributed by atoms with Crippen molar-refractivity contribution in [3.63, 3.8) is 0 Å². The van der Waals surface area contributed by atoms with Crippen molar-refractivity contribution in [2.45, 2.75) is 44.0 Å². The molecule has 3 heterocycles. The molecule has 0 spiro atoms. The second kappa shape index (κ2) is 12.1. The Bertz CT molecular complexity index is 1380. The molecule has 1 aliphatic rings. The molecule has 3 atom stereocenters. The fourth-order valence-corrected chi connectivity index (χ4v) is 5.65. The molecule has 1 aromatic carbocycles. The summed E-state index contributed by atoms with van der Waals surface area (Å²) in [7, 11) is -0.210. The van der Waals surface area contributed by atoms with Crippen LogP contribution in [-0.2, 0) is 34.8 Å². The normalized spacial score (nSPS) is 19.0. The third-order valence-corrected chi connectivity index (χ3v) is 8.08. The molecule has 0 aliphatic carbocycles. The fourth-order valence-electron chi connectivity index (χ4n) is 4.62. The molecule has 0 fully saturated rings. The number of aromatic nitrogens is 3. The van der Waals surface area contributed by atoms with E-state index in [1.165, 1.54) is 12.5 Å². The number of fused-ring (bicyclic) bond motifs is 1. The van der Waals surface area contributed by atoms with Gasteiger partial charge in [-0.1, -0.05) is 6.92 Å². The number of amides is 1. The smallest absolute Gasteiger partial charge is 0.280 e. The molecule has 0 saturated carbocycles. The number of hydrogen-bond acceptors (Lipinski definition) is 8. The van der Waals surface area contributed by atoms with E-state index in [2.05, 4.69) is 19.6 Å². The van der Waals surface area contributed by atoms with Gasteiger partial charge < -0.3 is 19.3 Å². The van der Waals surface area contributed by atoms with Gasteiger partial charge in [-0.3, -0.25) is 19.4 Å². The Morgan fingerprint density at radius 1 is 1.26 bits per heavy atom. The Kier molecular flexibility index (Phi) is 8.88. The number of aliphatic hydroxyl groups is 1. The molecule has 0 unspecified atom stereocenters. The summed E-state index contributed by atoms with van der Waals surface area (Å²) >= 11 is 0. The lowest BCUT2D eigenvalue weighted by atomic mass is 10.0. The second-order valence-electron chi connectivity index (χ2n) is 10.2. The van der Waals surface area contributed by atoms with E-state index in [4.69, 9.17) is 4.74 Å². The molecule has 12 heteroatoms. The molecular formula is C27H36N6O5S. The van der Waals surface area contributed by atoms with E-state index in [-0.39, 0.29) is 42.0 Å². The van der Waals surface area contributed by atoms with Crippen molar-refractivity contribution in [3.8, 4) is 5.75 Å². The van der Waals surface area contributed by atoms with E-state index in [0.717, 1.165) is 5.56 Å². The molecule has 3 aromatic rings. The van der Waals surface area contributed by atoms with Gasteiger partial charge in [0.2, 0.25) is 5.91 Å². The largest absolute Gasteiger partial charge is 0.488 e. The highest BCUT2D eigenvalue weighted by atomic mass is 32.2. The lowest BCUT2D eigenvalue weighted by Gasteiger charge is -2.34. The zero-order chi connectivity index (χ0) is 28.2. The first kappa shape index (κ1) is 28.5. The third kappa shape index (κ3) is 7.14. The summed E-state index contributed by atoms with van der Waals surface area (Å²) in [5.41, 5.74) is 1.99. The first-order chi connectivity index (χ1) is 18.6. The number of rotatable bonds is 9. The van der Waals surface area contributed by atoms with Gasteiger partial charge in [0, 0.05) is 62.4 Å². The zero-order valence-electron chi connectivity index (χ0n) is 22.7. The molecule has 0 radical (unpaired) electrons. The molecule has 1 aliphatic heterocycles. The van der Waals surface area contributed by atoms with Gasteiger partial charge in [0.15, 0.2) is 5.03 Å². The Labute approximate surface area is 229 Å². The Morgan fingerprint density at radius 3 is 2.67 bits per heavy atom. The molecule has 210 valence electrons. The summed E-state index contributed by atoms with van der Waals surface area (Å²) in [6, 6.07) is 8.52. The van der Waals surface area contributed by atoms with E-state index >= 15 is 0 Å². The standard InChI is InChI=1S/C27H36N6O5S/c1-19-13-33(20(2)17-34)27(35)12-22-11-23(30-39(36,37)26-16-32(4)18-29-26)5-6-24(22)38-25(19)15-31(3)14-21-7-9-28-10-8-21/h5-11,16,18-20,25,30,34H,12-15,17H2,1-4H3/t19-,20+,25-/m0/s1. The third-order valence-electron chi connectivity index (χ3n) is 6.82. The molecule has 0 bridgehead atoms. The number of benzene rings is 1. The van der Waals surface area contributed by atoms with Gasteiger partial charge in [-0.2, -0.15) is 8.42 Å². The molecule has 0 saturated heterocycles. The van der Waals surface area contributed by atoms with Crippen molar-refractivity contribution in [2.24, 2.45) is 13.0 Å². The maximum atomic E-state index is 13.4. The van der Waals surface area contributed by atoms with Crippen LogP contribution >= 0.6 is 0 Å². The number of hydrogen-bond donors (Lipinski definition) is 2. The molecule has 11 nitrogen and oxygen atoms in total. The number of likely N-dealkylation sites (N-methyl/N-ethyl adjacent to an activating group) is 1. The van der Waals surface area contributed by atoms with Crippen LogP contribution in [0.3, 0.4) is 0 Å². The fraction of sp³-hybridized carbons (Fsp3) is 0.444. The molecular weight excluding hydrogens is 520 g/mol. The number of nitrogens with zero attached hydrogens (tertiary/aromatic N) is 5. The zero-order valence-corrected chi connectivity index (χ0v) is 23.5. The van der Waals surface area contributed by atoms with E-state index in [1.54, 1.807) is 47.1 Å². The van der Waals surface area contributed by atoms with Crippen molar-refractivity contribution in [2.75, 3.05) is 31.5 Å². The van der Waals surface area contributed by atoms with Gasteiger partial charge in [-0.05, 0) is 49.9 Å². The number of sulfonamides is 1. The van der Waals surface area contributed by atoms with Crippen LogP contribution in [0.2, 0.25) is 0 Å². The molecule has 39 heavy (non-hydrogen) atoms. The number of aryl methyl sites for hydroxylation is 1. The van der Waals surface area contributed by atoms with Gasteiger partial charge in [-0.15, -0.1) is 0 Å². The number of imidazole rings is 1. The lowest BCUT2D eigenvalue weighted by Crippen LogP contribution is -2.47. The SMILES string of the molecule is C[C@H](CO)N1C[C@H](C)[C@H](CN(C)Cc2ccncc2)Oc2ccc(NS(=O)(=O)c3cn(C)cn3)cc2CC1=O. The average molecular weight is 557 g/mol. The topological polar surface area (TPSA) is 130 Å². The van der Waals surface area contributed by atoms with E-state index in [0.29, 0.717) is 36.6 Å². The summed E-state index contributed by atoms with van der Waals surface area (Å²) < 4.78 is 36.3. The van der Waals surface area contributed by atoms with Crippen LogP contribution in [0.1, 0.15) is 25.0 Å². The summed E-state index contributed by atoms with van der Waals surface area (Å²) in [4.78, 5) is 25.3. The first-order valence-corrected chi connectivity index (χ1v) is 14.3. The minimum atomic E-state index is -3.91. The van der Waals surface area contributed by atoms with Gasteiger partial charge >= 0.3 is 0 Å². The number of carbonyl (C=O) groups is 1. The number of nitrogens with one attached hydrogen (secondary N) is 1. The van der Waals surface area contributed by atoms with Gasteiger partial charge in [0.25, 0.3) is 10.0 Å². The van der Waals surface area contributed by atoms with Crippen LogP contribution in [0.4, 0.5) is 5.69 Å². The van der Waals surface area contributed by atoms with Crippen molar-refractivity contribution < 1.29 is 23.1 Å². The molecule has 2 N–H and O–H groups in total. The number of anilines is 1. The Morgan fingerprint density at radius 2 is 2.00 bits per heavy atom. The number of ether oxygens (including phenoxy) is 1. The van der Waals surface area contributed by atoms with Crippen molar-refractivity contribution in [1.82, 2.24) is 24.3 Å². The van der Waals surface area contributed by atoms with Crippen LogP contribution in [0.25, 0.3) is 0 Å². The van der Waals surface area contributed by atoms with Crippen molar-refractivity contribution >= 4 is 21.6 Å². The van der Waals surface area contributed by atoms with Gasteiger partial charge in [0.05, 0.1) is 25.4 Å². The second-order valence-corrected chi connectivity index (χ2v) is 11.9. The minimum Gasteiger partial charge on any atom is -0.488 e. The van der Waals surface area contributed by atoms with Gasteiger partial charge in [-0.25, -0.2) is 4.98 Å². The number of carbonyl (C=O) groups excluding carboxylic acids is 1. The first-order valence-electron chi connectivity index (χ1n) is 12.8. The van der Waals surface area contributed by atoms with Crippen LogP contribution in [0, 0.1) is 5.92 Å². The Hall–Kier alpha value is -3.48. The van der Waals surface area contributed by atoms with Crippen LogP contribution in [0.5, 0.6) is 5.75 Å². The van der Waals surface area contributed by atoms with Crippen molar-refractivity contribution in [1.29, 1.82) is 0 Å². The monoisotopic (exact) mass is 556 g/mol. The van der Waals surface area contributed by atoms with Crippen LogP contribution < -0.4 is 9.46 Å². The number of aliphatic hydroxyl groups excluding tert-OH is 1. The maximum absolute atomic E-state index is 13.4. The highest BCUT2D eigenvalue weighted by Gasteiger charge is 2.31. The van der Waals surface area contributed by atoms with E-state index < -0.39 is 10.0 Å². The summed E-state index contributed by atoms with van der Waals surface area (Å²) in [5, 5.41) is 9.75. The minimum absolute atomic E-state index is 0.00508.